The topological polar surface area (TPSA) is 131 Å². The van der Waals surface area contributed by atoms with E-state index < -0.39 is 22.9 Å². The molecule has 2 aromatic carbocycles. The molecule has 0 fully saturated rings. The lowest BCUT2D eigenvalue weighted by molar-refractivity contribution is -0.122. The Labute approximate surface area is 273 Å². The van der Waals surface area contributed by atoms with Gasteiger partial charge < -0.3 is 20.7 Å². The number of benzene rings is 2. The summed E-state index contributed by atoms with van der Waals surface area (Å²) in [6, 6.07) is 17.9. The van der Waals surface area contributed by atoms with Crippen LogP contribution >= 0.6 is 0 Å². The van der Waals surface area contributed by atoms with Gasteiger partial charge in [0.05, 0.1) is 12.1 Å². The first-order valence-electron chi connectivity index (χ1n) is 15.8. The molecule has 45 heavy (non-hydrogen) atoms. The fourth-order valence-corrected chi connectivity index (χ4v) is 3.88. The molecule has 3 atom stereocenters. The molecule has 0 heterocycles. The van der Waals surface area contributed by atoms with E-state index in [1.807, 2.05) is 77.9 Å². The predicted molar refractivity (Wildman–Crippen MR) is 184 cm³/mol. The van der Waals surface area contributed by atoms with Gasteiger partial charge in [-0.05, 0) is 44.6 Å². The quantitative estimate of drug-likeness (QED) is 0.209. The van der Waals surface area contributed by atoms with Crippen LogP contribution in [0.1, 0.15) is 90.6 Å². The molecule has 0 saturated heterocycles. The molecular weight excluding hydrogens is 590 g/mol. The molecule has 0 aliphatic heterocycles. The van der Waals surface area contributed by atoms with E-state index in [0.717, 1.165) is 5.56 Å². The summed E-state index contributed by atoms with van der Waals surface area (Å²) < 4.78 is 15.2. The average Bonchev–Trinajstić information content (AvgIpc) is 3.00. The Morgan fingerprint density at radius 1 is 0.800 bits per heavy atom. The van der Waals surface area contributed by atoms with Gasteiger partial charge in [-0.25, -0.2) is 4.79 Å². The summed E-state index contributed by atoms with van der Waals surface area (Å²) in [5, 5.41) is 8.61. The molecule has 3 unspecified atom stereocenters. The maximum absolute atomic E-state index is 12.9. The zero-order valence-corrected chi connectivity index (χ0v) is 29.4. The van der Waals surface area contributed by atoms with Crippen LogP contribution in [-0.2, 0) is 31.5 Å². The summed E-state index contributed by atoms with van der Waals surface area (Å²) in [7, 11) is -0.617. The number of carbonyl (C=O) groups is 4. The highest BCUT2D eigenvalue weighted by Crippen LogP contribution is 2.13. The number of rotatable bonds is 15. The van der Waals surface area contributed by atoms with Gasteiger partial charge in [0, 0.05) is 40.3 Å². The highest BCUT2D eigenvalue weighted by Gasteiger charge is 2.25. The number of Topliss-reactive ketones (excluding diaryl/α,β-unsaturated/α-hetero) is 1. The number of alkyl carbamates (subject to hydrolysis) is 1. The largest absolute Gasteiger partial charge is 0.447 e. The van der Waals surface area contributed by atoms with Gasteiger partial charge >= 0.3 is 6.09 Å². The first kappa shape index (κ1) is 41.5. The van der Waals surface area contributed by atoms with Crippen molar-refractivity contribution in [2.75, 3.05) is 12.8 Å². The van der Waals surface area contributed by atoms with Crippen molar-refractivity contribution >= 4 is 34.5 Å². The molecular formula is C35H55N3O6S. The van der Waals surface area contributed by atoms with Gasteiger partial charge in [-0.2, -0.15) is 0 Å². The summed E-state index contributed by atoms with van der Waals surface area (Å²) in [6.07, 6.45) is 2.69. The van der Waals surface area contributed by atoms with E-state index in [9.17, 15) is 23.4 Å². The van der Waals surface area contributed by atoms with E-state index in [-0.39, 0.29) is 48.6 Å². The van der Waals surface area contributed by atoms with Gasteiger partial charge in [0.25, 0.3) is 0 Å². The fourth-order valence-electron chi connectivity index (χ4n) is 3.88. The molecule has 10 heteroatoms. The molecule has 0 radical (unpaired) electrons. The van der Waals surface area contributed by atoms with E-state index in [2.05, 4.69) is 16.0 Å². The third-order valence-corrected chi connectivity index (χ3v) is 7.70. The molecule has 0 spiro atoms. The minimum absolute atomic E-state index is 0.0586. The summed E-state index contributed by atoms with van der Waals surface area (Å²) in [5.74, 6) is -0.705. The van der Waals surface area contributed by atoms with Crippen molar-refractivity contribution in [3.63, 3.8) is 0 Å². The van der Waals surface area contributed by atoms with Crippen molar-refractivity contribution in [1.29, 1.82) is 0 Å². The second-order valence-electron chi connectivity index (χ2n) is 11.2. The van der Waals surface area contributed by atoms with Gasteiger partial charge in [-0.15, -0.1) is 0 Å². The van der Waals surface area contributed by atoms with E-state index in [0.29, 0.717) is 30.1 Å². The number of ether oxygens (including phenoxy) is 1. The lowest BCUT2D eigenvalue weighted by Gasteiger charge is -2.22. The van der Waals surface area contributed by atoms with Gasteiger partial charge in [0.15, 0.2) is 5.78 Å². The van der Waals surface area contributed by atoms with E-state index >= 15 is 0 Å². The van der Waals surface area contributed by atoms with Crippen molar-refractivity contribution in [2.24, 2.45) is 5.92 Å². The Morgan fingerprint density at radius 2 is 1.33 bits per heavy atom. The second kappa shape index (κ2) is 23.8. The monoisotopic (exact) mass is 645 g/mol. The smallest absolute Gasteiger partial charge is 0.407 e. The van der Waals surface area contributed by atoms with Crippen LogP contribution in [0.25, 0.3) is 0 Å². The second-order valence-corrected chi connectivity index (χ2v) is 13.2. The van der Waals surface area contributed by atoms with Gasteiger partial charge in [-0.1, -0.05) is 102 Å². The SMILES string of the molecule is CC.CC(C)OC(=O)NCC(=O)NC(CCCC(=O)NC(C(=O)c1ccccc1)C(C)C)Cc1ccccc1.CC(C)S(C)=O. The standard InChI is InChI=1S/C29H39N3O5.C4H10OS.C2H6/c1-20(2)27(28(35)23-14-9-6-10-15-23)32-25(33)17-11-16-24(18-22-12-7-5-8-13-22)31-26(34)19-30-29(36)37-21(3)4;1-4(2)6(3)5;1-2/h5-10,12-15,20-21,24,27H,11,16-19H2,1-4H3,(H,30,36)(H,31,34)(H,32,33);4H,1-3H3;1-2H3. The summed E-state index contributed by atoms with van der Waals surface area (Å²) in [5.41, 5.74) is 1.62. The first-order valence-corrected chi connectivity index (χ1v) is 17.4. The van der Waals surface area contributed by atoms with Crippen LogP contribution in [0.15, 0.2) is 60.7 Å². The highest BCUT2D eigenvalue weighted by atomic mass is 32.2. The molecule has 2 aromatic rings. The van der Waals surface area contributed by atoms with Crippen molar-refractivity contribution in [1.82, 2.24) is 16.0 Å². The van der Waals surface area contributed by atoms with Crippen molar-refractivity contribution in [3.8, 4) is 0 Å². The number of hydrogen-bond acceptors (Lipinski definition) is 6. The molecule has 3 amide bonds. The number of nitrogens with one attached hydrogen (secondary N) is 3. The summed E-state index contributed by atoms with van der Waals surface area (Å²) >= 11 is 0. The molecule has 0 saturated carbocycles. The normalized spacial score (nSPS) is 12.4. The maximum atomic E-state index is 12.9. The minimum Gasteiger partial charge on any atom is -0.447 e. The molecule has 0 aliphatic carbocycles. The Hall–Kier alpha value is -3.53. The van der Waals surface area contributed by atoms with Gasteiger partial charge in [-0.3, -0.25) is 18.6 Å². The third-order valence-electron chi connectivity index (χ3n) is 6.37. The summed E-state index contributed by atoms with van der Waals surface area (Å²) in [4.78, 5) is 49.7. The Bertz CT molecular complexity index is 1160. The van der Waals surface area contributed by atoms with Crippen LogP contribution in [0.5, 0.6) is 0 Å². The van der Waals surface area contributed by atoms with E-state index in [1.165, 1.54) is 0 Å². The molecule has 0 aliphatic rings. The van der Waals surface area contributed by atoms with Crippen LogP contribution in [-0.4, -0.2) is 64.1 Å². The van der Waals surface area contributed by atoms with Crippen molar-refractivity contribution < 1.29 is 28.1 Å². The lowest BCUT2D eigenvalue weighted by atomic mass is 9.94. The van der Waals surface area contributed by atoms with Gasteiger partial charge in [0.2, 0.25) is 11.8 Å². The maximum Gasteiger partial charge on any atom is 0.407 e. The fraction of sp³-hybridized carbons (Fsp3) is 0.543. The van der Waals surface area contributed by atoms with Crippen LogP contribution in [0.2, 0.25) is 0 Å². The number of carbonyl (C=O) groups excluding carboxylic acids is 4. The number of amides is 3. The minimum atomic E-state index is -0.647. The van der Waals surface area contributed by atoms with Crippen LogP contribution in [0, 0.1) is 5.92 Å². The molecule has 3 N–H and O–H groups in total. The molecule has 2 rings (SSSR count). The Morgan fingerprint density at radius 3 is 1.82 bits per heavy atom. The lowest BCUT2D eigenvalue weighted by Crippen LogP contribution is -2.45. The average molecular weight is 646 g/mol. The van der Waals surface area contributed by atoms with Crippen LogP contribution in [0.4, 0.5) is 4.79 Å². The van der Waals surface area contributed by atoms with Crippen molar-refractivity contribution in [3.05, 3.63) is 71.8 Å². The Kier molecular flexibility index (Phi) is 21.9. The Balaban J connectivity index is 0.00000216. The van der Waals surface area contributed by atoms with Crippen LogP contribution < -0.4 is 16.0 Å². The van der Waals surface area contributed by atoms with E-state index in [4.69, 9.17) is 4.74 Å². The molecule has 9 nitrogen and oxygen atoms in total. The first-order chi connectivity index (χ1) is 21.3. The highest BCUT2D eigenvalue weighted by molar-refractivity contribution is 7.84. The number of ketones is 1. The number of hydrogen-bond donors (Lipinski definition) is 3. The van der Waals surface area contributed by atoms with E-state index in [1.54, 1.807) is 44.4 Å². The zero-order chi connectivity index (χ0) is 34.4. The van der Waals surface area contributed by atoms with Crippen LogP contribution in [0.3, 0.4) is 0 Å². The molecule has 252 valence electrons. The summed E-state index contributed by atoms with van der Waals surface area (Å²) in [6.45, 7) is 14.9. The third kappa shape index (κ3) is 19.5. The molecule has 0 bridgehead atoms. The zero-order valence-electron chi connectivity index (χ0n) is 28.6. The van der Waals surface area contributed by atoms with Gasteiger partial charge in [0.1, 0.15) is 6.54 Å². The molecule has 0 aromatic heterocycles. The van der Waals surface area contributed by atoms with Crippen molar-refractivity contribution in [2.45, 2.75) is 105 Å². The predicted octanol–water partition coefficient (Wildman–Crippen LogP) is 5.84.